The predicted octanol–water partition coefficient (Wildman–Crippen LogP) is 1.81. The van der Waals surface area contributed by atoms with Crippen LogP contribution in [-0.2, 0) is 0 Å². The number of aryl methyl sites for hydroxylation is 1. The van der Waals surface area contributed by atoms with Gasteiger partial charge in [-0.15, -0.1) is 0 Å². The predicted molar refractivity (Wildman–Crippen MR) is 73.0 cm³/mol. The monoisotopic (exact) mass is 250 g/mol. The molecule has 18 heavy (non-hydrogen) atoms. The minimum atomic E-state index is 0.0144. The van der Waals surface area contributed by atoms with Gasteiger partial charge in [-0.1, -0.05) is 13.0 Å². The second-order valence-corrected chi connectivity index (χ2v) is 4.27. The topological polar surface area (TPSA) is 55.6 Å². The normalized spacial score (nSPS) is 10.2. The van der Waals surface area contributed by atoms with E-state index in [2.05, 4.69) is 0 Å². The Morgan fingerprint density at radius 2 is 2.11 bits per heavy atom. The summed E-state index contributed by atoms with van der Waals surface area (Å²) in [7, 11) is 1.61. The fourth-order valence-corrected chi connectivity index (χ4v) is 1.88. The molecular weight excluding hydrogens is 228 g/mol. The molecule has 4 heteroatoms. The van der Waals surface area contributed by atoms with Crippen molar-refractivity contribution in [2.24, 2.45) is 5.73 Å². The maximum atomic E-state index is 12.3. The van der Waals surface area contributed by atoms with Crippen LogP contribution in [0.25, 0.3) is 0 Å². The minimum Gasteiger partial charge on any atom is -0.496 e. The SMILES string of the molecule is CCCN(CCN)C(=O)c1ccc(C)c(OC)c1. The first-order valence-electron chi connectivity index (χ1n) is 6.28. The Balaban J connectivity index is 2.93. The number of benzene rings is 1. The van der Waals surface area contributed by atoms with Crippen molar-refractivity contribution in [2.45, 2.75) is 20.3 Å². The highest BCUT2D eigenvalue weighted by Gasteiger charge is 2.15. The molecule has 2 N–H and O–H groups in total. The number of methoxy groups -OCH3 is 1. The summed E-state index contributed by atoms with van der Waals surface area (Å²) >= 11 is 0. The first kappa shape index (κ1) is 14.5. The molecule has 0 bridgehead atoms. The van der Waals surface area contributed by atoms with Gasteiger partial charge in [-0.25, -0.2) is 0 Å². The third kappa shape index (κ3) is 3.47. The minimum absolute atomic E-state index is 0.0144. The van der Waals surface area contributed by atoms with E-state index in [4.69, 9.17) is 10.5 Å². The average molecular weight is 250 g/mol. The van der Waals surface area contributed by atoms with Gasteiger partial charge in [0.1, 0.15) is 5.75 Å². The van der Waals surface area contributed by atoms with Gasteiger partial charge >= 0.3 is 0 Å². The van der Waals surface area contributed by atoms with E-state index in [1.807, 2.05) is 26.0 Å². The van der Waals surface area contributed by atoms with Gasteiger partial charge in [-0.2, -0.15) is 0 Å². The molecule has 1 aromatic rings. The summed E-state index contributed by atoms with van der Waals surface area (Å²) in [4.78, 5) is 14.1. The highest BCUT2D eigenvalue weighted by molar-refractivity contribution is 5.94. The number of amides is 1. The Kier molecular flexibility index (Phi) is 5.65. The van der Waals surface area contributed by atoms with E-state index < -0.39 is 0 Å². The fraction of sp³-hybridized carbons (Fsp3) is 0.500. The van der Waals surface area contributed by atoms with Crippen LogP contribution in [0.5, 0.6) is 5.75 Å². The van der Waals surface area contributed by atoms with Crippen LogP contribution < -0.4 is 10.5 Å². The molecule has 0 unspecified atom stereocenters. The van der Waals surface area contributed by atoms with Crippen LogP contribution >= 0.6 is 0 Å². The molecule has 100 valence electrons. The summed E-state index contributed by atoms with van der Waals surface area (Å²) in [5.74, 6) is 0.755. The zero-order valence-electron chi connectivity index (χ0n) is 11.4. The van der Waals surface area contributed by atoms with Gasteiger partial charge in [0.25, 0.3) is 5.91 Å². The molecular formula is C14H22N2O2. The van der Waals surface area contributed by atoms with E-state index in [-0.39, 0.29) is 5.91 Å². The van der Waals surface area contributed by atoms with E-state index in [0.717, 1.165) is 24.3 Å². The Morgan fingerprint density at radius 1 is 1.39 bits per heavy atom. The molecule has 0 fully saturated rings. The van der Waals surface area contributed by atoms with Crippen molar-refractivity contribution < 1.29 is 9.53 Å². The molecule has 0 aromatic heterocycles. The van der Waals surface area contributed by atoms with Crippen LogP contribution in [-0.4, -0.2) is 37.6 Å². The molecule has 0 aliphatic rings. The second-order valence-electron chi connectivity index (χ2n) is 4.27. The lowest BCUT2D eigenvalue weighted by Crippen LogP contribution is -2.35. The van der Waals surface area contributed by atoms with Gasteiger partial charge in [0.2, 0.25) is 0 Å². The van der Waals surface area contributed by atoms with Crippen molar-refractivity contribution in [1.82, 2.24) is 4.90 Å². The lowest BCUT2D eigenvalue weighted by Gasteiger charge is -2.21. The Hall–Kier alpha value is -1.55. The molecule has 0 spiro atoms. The van der Waals surface area contributed by atoms with Gasteiger partial charge in [0, 0.05) is 25.2 Å². The lowest BCUT2D eigenvalue weighted by atomic mass is 10.1. The number of rotatable bonds is 6. The van der Waals surface area contributed by atoms with Crippen LogP contribution in [0.15, 0.2) is 18.2 Å². The number of carbonyl (C=O) groups excluding carboxylic acids is 1. The van der Waals surface area contributed by atoms with Crippen molar-refractivity contribution in [2.75, 3.05) is 26.7 Å². The smallest absolute Gasteiger partial charge is 0.254 e. The first-order chi connectivity index (χ1) is 8.63. The number of hydrogen-bond acceptors (Lipinski definition) is 3. The van der Waals surface area contributed by atoms with Gasteiger partial charge in [0.15, 0.2) is 0 Å². The van der Waals surface area contributed by atoms with E-state index in [9.17, 15) is 4.79 Å². The lowest BCUT2D eigenvalue weighted by molar-refractivity contribution is 0.0760. The molecule has 4 nitrogen and oxygen atoms in total. The quantitative estimate of drug-likeness (QED) is 0.837. The zero-order chi connectivity index (χ0) is 13.5. The van der Waals surface area contributed by atoms with Crippen molar-refractivity contribution in [3.05, 3.63) is 29.3 Å². The van der Waals surface area contributed by atoms with Crippen molar-refractivity contribution >= 4 is 5.91 Å². The van der Waals surface area contributed by atoms with Crippen LogP contribution in [0.1, 0.15) is 29.3 Å². The van der Waals surface area contributed by atoms with Crippen molar-refractivity contribution in [3.8, 4) is 5.75 Å². The largest absolute Gasteiger partial charge is 0.496 e. The summed E-state index contributed by atoms with van der Waals surface area (Å²) in [5.41, 5.74) is 7.21. The summed E-state index contributed by atoms with van der Waals surface area (Å²) in [5, 5.41) is 0. The molecule has 0 heterocycles. The first-order valence-corrected chi connectivity index (χ1v) is 6.28. The van der Waals surface area contributed by atoms with E-state index in [0.29, 0.717) is 18.7 Å². The number of ether oxygens (including phenoxy) is 1. The van der Waals surface area contributed by atoms with Gasteiger partial charge in [-0.3, -0.25) is 4.79 Å². The number of carbonyl (C=O) groups is 1. The van der Waals surface area contributed by atoms with E-state index >= 15 is 0 Å². The Morgan fingerprint density at radius 3 is 2.67 bits per heavy atom. The summed E-state index contributed by atoms with van der Waals surface area (Å²) < 4.78 is 5.24. The maximum absolute atomic E-state index is 12.3. The second kappa shape index (κ2) is 7.01. The molecule has 0 saturated heterocycles. The average Bonchev–Trinajstić information content (AvgIpc) is 2.38. The molecule has 0 atom stereocenters. The van der Waals surface area contributed by atoms with Crippen LogP contribution in [0.3, 0.4) is 0 Å². The molecule has 1 aromatic carbocycles. The summed E-state index contributed by atoms with van der Waals surface area (Å²) in [6.07, 6.45) is 0.925. The van der Waals surface area contributed by atoms with Gasteiger partial charge in [0.05, 0.1) is 7.11 Å². The molecule has 0 aliphatic carbocycles. The number of hydrogen-bond donors (Lipinski definition) is 1. The third-order valence-corrected chi connectivity index (χ3v) is 2.83. The Bertz CT molecular complexity index is 399. The maximum Gasteiger partial charge on any atom is 0.254 e. The highest BCUT2D eigenvalue weighted by atomic mass is 16.5. The third-order valence-electron chi connectivity index (χ3n) is 2.83. The molecule has 1 amide bonds. The Labute approximate surface area is 109 Å². The van der Waals surface area contributed by atoms with Crippen LogP contribution in [0.2, 0.25) is 0 Å². The summed E-state index contributed by atoms with van der Waals surface area (Å²) in [6, 6.07) is 5.52. The molecule has 0 saturated carbocycles. The zero-order valence-corrected chi connectivity index (χ0v) is 11.4. The van der Waals surface area contributed by atoms with E-state index in [1.165, 1.54) is 0 Å². The van der Waals surface area contributed by atoms with E-state index in [1.54, 1.807) is 18.1 Å². The molecule has 1 rings (SSSR count). The van der Waals surface area contributed by atoms with Crippen molar-refractivity contribution in [1.29, 1.82) is 0 Å². The van der Waals surface area contributed by atoms with Gasteiger partial charge < -0.3 is 15.4 Å². The number of nitrogens with two attached hydrogens (primary N) is 1. The highest BCUT2D eigenvalue weighted by Crippen LogP contribution is 2.20. The standard InChI is InChI=1S/C14H22N2O2/c1-4-8-16(9-7-15)14(17)12-6-5-11(2)13(10-12)18-3/h5-6,10H,4,7-9,15H2,1-3H3. The van der Waals surface area contributed by atoms with Crippen molar-refractivity contribution in [3.63, 3.8) is 0 Å². The molecule has 0 aliphatic heterocycles. The van der Waals surface area contributed by atoms with Crippen LogP contribution in [0, 0.1) is 6.92 Å². The van der Waals surface area contributed by atoms with Gasteiger partial charge in [-0.05, 0) is 31.0 Å². The van der Waals surface area contributed by atoms with Crippen LogP contribution in [0.4, 0.5) is 0 Å². The fourth-order valence-electron chi connectivity index (χ4n) is 1.88. The number of nitrogens with zero attached hydrogens (tertiary/aromatic N) is 1. The molecule has 0 radical (unpaired) electrons. The summed E-state index contributed by atoms with van der Waals surface area (Å²) in [6.45, 7) is 5.80.